The van der Waals surface area contributed by atoms with Crippen LogP contribution in [0, 0.1) is 0 Å². The van der Waals surface area contributed by atoms with Crippen molar-refractivity contribution in [2.75, 3.05) is 14.2 Å². The number of benzene rings is 1. The molecule has 18 heavy (non-hydrogen) atoms. The molecule has 0 aromatic heterocycles. The maximum atomic E-state index is 5.76. The summed E-state index contributed by atoms with van der Waals surface area (Å²) in [5.74, 6) is -0.306. The predicted molar refractivity (Wildman–Crippen MR) is 71.2 cm³/mol. The number of rotatable bonds is 2. The summed E-state index contributed by atoms with van der Waals surface area (Å²) in [7, 11) is 3.49. The first kappa shape index (κ1) is 11.9. The van der Waals surface area contributed by atoms with Crippen molar-refractivity contribution in [3.63, 3.8) is 0 Å². The van der Waals surface area contributed by atoms with Crippen molar-refractivity contribution in [1.29, 1.82) is 0 Å². The van der Waals surface area contributed by atoms with Gasteiger partial charge in [-0.3, -0.25) is 4.99 Å². The molecule has 2 aliphatic rings. The second-order valence-electron chi connectivity index (χ2n) is 5.06. The van der Waals surface area contributed by atoms with E-state index in [2.05, 4.69) is 24.3 Å². The summed E-state index contributed by atoms with van der Waals surface area (Å²) in [5, 5.41) is 0. The zero-order chi connectivity index (χ0) is 12.6. The van der Waals surface area contributed by atoms with Crippen molar-refractivity contribution in [2.24, 2.45) is 4.99 Å². The normalized spacial score (nSPS) is 28.6. The second-order valence-corrected chi connectivity index (χ2v) is 5.06. The van der Waals surface area contributed by atoms with Crippen LogP contribution in [0.25, 0.3) is 0 Å². The molecule has 1 aliphatic carbocycles. The molecule has 3 rings (SSSR count). The maximum Gasteiger partial charge on any atom is 0.176 e. The topological polar surface area (TPSA) is 30.8 Å². The zero-order valence-electron chi connectivity index (χ0n) is 10.9. The minimum Gasteiger partial charge on any atom is -0.352 e. The average molecular weight is 245 g/mol. The molecule has 1 aromatic rings. The molecule has 0 spiro atoms. The van der Waals surface area contributed by atoms with Gasteiger partial charge in [0.15, 0.2) is 5.79 Å². The number of fused-ring (bicyclic) bond motifs is 3. The summed E-state index contributed by atoms with van der Waals surface area (Å²) in [6.45, 7) is 0. The molecule has 1 saturated carbocycles. The Morgan fingerprint density at radius 3 is 2.78 bits per heavy atom. The fourth-order valence-corrected chi connectivity index (χ4v) is 3.41. The molecular weight excluding hydrogens is 226 g/mol. The number of hydrogen-bond donors (Lipinski definition) is 0. The Morgan fingerprint density at radius 2 is 2.00 bits per heavy atom. The molecular formula is C15H19NO2. The molecule has 0 amide bonds. The Balaban J connectivity index is 2.11. The van der Waals surface area contributed by atoms with Gasteiger partial charge in [0, 0.05) is 26.9 Å². The zero-order valence-corrected chi connectivity index (χ0v) is 10.9. The molecule has 0 bridgehead atoms. The van der Waals surface area contributed by atoms with E-state index in [0.717, 1.165) is 19.3 Å². The van der Waals surface area contributed by atoms with Crippen LogP contribution in [0.1, 0.15) is 36.3 Å². The van der Waals surface area contributed by atoms with Gasteiger partial charge in [-0.1, -0.05) is 24.3 Å². The molecule has 1 fully saturated rings. The molecule has 1 heterocycles. The van der Waals surface area contributed by atoms with Crippen molar-refractivity contribution >= 4 is 6.21 Å². The van der Waals surface area contributed by atoms with E-state index in [1.165, 1.54) is 11.1 Å². The summed E-state index contributed by atoms with van der Waals surface area (Å²) in [4.78, 5) is 4.70. The SMILES string of the molecule is COC1(OC)CCCC2N=Cc3ccccc3C21. The lowest BCUT2D eigenvalue weighted by Crippen LogP contribution is -2.49. The van der Waals surface area contributed by atoms with E-state index in [9.17, 15) is 0 Å². The molecule has 1 aliphatic heterocycles. The highest BCUT2D eigenvalue weighted by Gasteiger charge is 2.49. The van der Waals surface area contributed by atoms with Gasteiger partial charge in [0.2, 0.25) is 0 Å². The van der Waals surface area contributed by atoms with Crippen LogP contribution < -0.4 is 0 Å². The molecule has 2 unspecified atom stereocenters. The highest BCUT2D eigenvalue weighted by molar-refractivity contribution is 5.83. The lowest BCUT2D eigenvalue weighted by Gasteiger charge is -2.46. The standard InChI is InChI=1S/C15H19NO2/c1-17-15(18-2)9-5-8-13-14(15)12-7-4-3-6-11(12)10-16-13/h3-4,6-7,10,13-14H,5,8-9H2,1-2H3. The van der Waals surface area contributed by atoms with Gasteiger partial charge in [-0.2, -0.15) is 0 Å². The van der Waals surface area contributed by atoms with E-state index >= 15 is 0 Å². The highest BCUT2D eigenvalue weighted by atomic mass is 16.7. The summed E-state index contributed by atoms with van der Waals surface area (Å²) in [6, 6.07) is 8.71. The minimum absolute atomic E-state index is 0.211. The van der Waals surface area contributed by atoms with E-state index in [1.807, 2.05) is 6.21 Å². The van der Waals surface area contributed by atoms with Gasteiger partial charge < -0.3 is 9.47 Å². The summed E-state index contributed by atoms with van der Waals surface area (Å²) in [6.07, 6.45) is 5.15. The van der Waals surface area contributed by atoms with Gasteiger partial charge >= 0.3 is 0 Å². The third kappa shape index (κ3) is 1.62. The Bertz CT molecular complexity index is 465. The van der Waals surface area contributed by atoms with E-state index < -0.39 is 5.79 Å². The van der Waals surface area contributed by atoms with Gasteiger partial charge in [-0.25, -0.2) is 0 Å². The van der Waals surface area contributed by atoms with E-state index in [4.69, 9.17) is 14.5 Å². The van der Waals surface area contributed by atoms with Crippen LogP contribution in [0.5, 0.6) is 0 Å². The smallest absolute Gasteiger partial charge is 0.176 e. The fourth-order valence-electron chi connectivity index (χ4n) is 3.41. The molecule has 3 heteroatoms. The first-order chi connectivity index (χ1) is 8.80. The fraction of sp³-hybridized carbons (Fsp3) is 0.533. The van der Waals surface area contributed by atoms with Gasteiger partial charge in [0.05, 0.1) is 12.0 Å². The van der Waals surface area contributed by atoms with Crippen molar-refractivity contribution in [2.45, 2.75) is 37.0 Å². The maximum absolute atomic E-state index is 5.76. The third-order valence-corrected chi connectivity index (χ3v) is 4.31. The number of nitrogens with zero attached hydrogens (tertiary/aromatic N) is 1. The van der Waals surface area contributed by atoms with Gasteiger partial charge in [-0.15, -0.1) is 0 Å². The van der Waals surface area contributed by atoms with Crippen molar-refractivity contribution < 1.29 is 9.47 Å². The van der Waals surface area contributed by atoms with E-state index in [0.29, 0.717) is 0 Å². The van der Waals surface area contributed by atoms with Crippen molar-refractivity contribution in [1.82, 2.24) is 0 Å². The first-order valence-electron chi connectivity index (χ1n) is 6.53. The minimum atomic E-state index is -0.517. The summed E-state index contributed by atoms with van der Waals surface area (Å²) < 4.78 is 11.5. The Labute approximate surface area is 108 Å². The van der Waals surface area contributed by atoms with E-state index in [1.54, 1.807) is 14.2 Å². The van der Waals surface area contributed by atoms with Crippen molar-refractivity contribution in [3.05, 3.63) is 35.4 Å². The molecule has 2 atom stereocenters. The van der Waals surface area contributed by atoms with Crippen molar-refractivity contribution in [3.8, 4) is 0 Å². The second kappa shape index (κ2) is 4.48. The highest BCUT2D eigenvalue weighted by Crippen LogP contribution is 2.47. The monoisotopic (exact) mass is 245 g/mol. The number of aliphatic imine (C=N–C) groups is 1. The molecule has 1 aromatic carbocycles. The van der Waals surface area contributed by atoms with Crippen LogP contribution in [-0.2, 0) is 9.47 Å². The Hall–Kier alpha value is -1.19. The molecule has 3 nitrogen and oxygen atoms in total. The summed E-state index contributed by atoms with van der Waals surface area (Å²) >= 11 is 0. The largest absolute Gasteiger partial charge is 0.352 e. The lowest BCUT2D eigenvalue weighted by molar-refractivity contribution is -0.238. The Kier molecular flexibility index (Phi) is 2.96. The molecule has 0 radical (unpaired) electrons. The number of ether oxygens (including phenoxy) is 2. The van der Waals surface area contributed by atoms with Gasteiger partial charge in [0.1, 0.15) is 0 Å². The Morgan fingerprint density at radius 1 is 1.22 bits per heavy atom. The van der Waals surface area contributed by atoms with E-state index in [-0.39, 0.29) is 12.0 Å². The van der Waals surface area contributed by atoms with Crippen LogP contribution in [-0.4, -0.2) is 32.3 Å². The van der Waals surface area contributed by atoms with Crippen LogP contribution in [0.4, 0.5) is 0 Å². The lowest BCUT2D eigenvalue weighted by atomic mass is 9.73. The molecule has 0 saturated heterocycles. The van der Waals surface area contributed by atoms with Crippen LogP contribution in [0.15, 0.2) is 29.3 Å². The predicted octanol–water partition coefficient (Wildman–Crippen LogP) is 2.74. The van der Waals surface area contributed by atoms with Crippen LogP contribution in [0.3, 0.4) is 0 Å². The molecule has 0 N–H and O–H groups in total. The average Bonchev–Trinajstić information content (AvgIpc) is 2.46. The van der Waals surface area contributed by atoms with Crippen LogP contribution in [0.2, 0.25) is 0 Å². The van der Waals surface area contributed by atoms with Gasteiger partial charge in [-0.05, 0) is 24.0 Å². The molecule has 96 valence electrons. The first-order valence-corrected chi connectivity index (χ1v) is 6.53. The van der Waals surface area contributed by atoms with Gasteiger partial charge in [0.25, 0.3) is 0 Å². The van der Waals surface area contributed by atoms with Crippen LogP contribution >= 0.6 is 0 Å². The summed E-state index contributed by atoms with van der Waals surface area (Å²) in [5.41, 5.74) is 2.50. The third-order valence-electron chi connectivity index (χ3n) is 4.31. The number of methoxy groups -OCH3 is 2. The number of hydrogen-bond acceptors (Lipinski definition) is 3. The quantitative estimate of drug-likeness (QED) is 0.750.